The van der Waals surface area contributed by atoms with E-state index >= 15 is 0 Å². The highest BCUT2D eigenvalue weighted by atomic mass is 16.2. The van der Waals surface area contributed by atoms with Gasteiger partial charge in [-0.05, 0) is 25.0 Å². The number of hydrogen-bond acceptors (Lipinski definition) is 4. The normalized spacial score (nSPS) is 10.9. The summed E-state index contributed by atoms with van der Waals surface area (Å²) >= 11 is 0. The molecule has 6 heteroatoms. The van der Waals surface area contributed by atoms with Gasteiger partial charge in [0.05, 0.1) is 0 Å². The van der Waals surface area contributed by atoms with Crippen molar-refractivity contribution in [3.8, 4) is 11.4 Å². The van der Waals surface area contributed by atoms with E-state index < -0.39 is 0 Å². The summed E-state index contributed by atoms with van der Waals surface area (Å²) in [6, 6.07) is 8.09. The van der Waals surface area contributed by atoms with Gasteiger partial charge in [-0.3, -0.25) is 4.79 Å². The SMILES string of the molecule is CCC(CC)NC(=O)Cn1nnc(-c2ccc(C)cc2)n1. The molecule has 1 heterocycles. The molecule has 0 unspecified atom stereocenters. The topological polar surface area (TPSA) is 72.7 Å². The minimum absolute atomic E-state index is 0.0865. The molecule has 112 valence electrons. The first-order valence-corrected chi connectivity index (χ1v) is 7.26. The summed E-state index contributed by atoms with van der Waals surface area (Å²) in [6.07, 6.45) is 1.84. The molecular weight excluding hydrogens is 266 g/mol. The third-order valence-electron chi connectivity index (χ3n) is 3.40. The number of nitrogens with one attached hydrogen (secondary N) is 1. The van der Waals surface area contributed by atoms with Gasteiger partial charge < -0.3 is 5.32 Å². The van der Waals surface area contributed by atoms with Gasteiger partial charge >= 0.3 is 0 Å². The smallest absolute Gasteiger partial charge is 0.243 e. The van der Waals surface area contributed by atoms with Crippen LogP contribution in [0, 0.1) is 6.92 Å². The van der Waals surface area contributed by atoms with Crippen molar-refractivity contribution in [1.29, 1.82) is 0 Å². The van der Waals surface area contributed by atoms with E-state index in [0.717, 1.165) is 18.4 Å². The fraction of sp³-hybridized carbons (Fsp3) is 0.467. The van der Waals surface area contributed by atoms with Crippen LogP contribution < -0.4 is 5.32 Å². The molecule has 0 saturated heterocycles. The lowest BCUT2D eigenvalue weighted by atomic mass is 10.1. The van der Waals surface area contributed by atoms with Crippen molar-refractivity contribution in [1.82, 2.24) is 25.5 Å². The molecule has 1 aromatic carbocycles. The molecule has 0 aliphatic carbocycles. The zero-order valence-corrected chi connectivity index (χ0v) is 12.7. The van der Waals surface area contributed by atoms with Crippen LogP contribution in [-0.2, 0) is 11.3 Å². The molecule has 0 aliphatic rings. The van der Waals surface area contributed by atoms with Crippen LogP contribution in [0.25, 0.3) is 11.4 Å². The van der Waals surface area contributed by atoms with Crippen molar-refractivity contribution in [2.75, 3.05) is 0 Å². The van der Waals surface area contributed by atoms with E-state index in [1.54, 1.807) is 0 Å². The highest BCUT2D eigenvalue weighted by molar-refractivity contribution is 5.75. The predicted octanol–water partition coefficient (Wildman–Crippen LogP) is 1.95. The molecule has 1 aromatic heterocycles. The fourth-order valence-electron chi connectivity index (χ4n) is 2.02. The second kappa shape index (κ2) is 6.97. The van der Waals surface area contributed by atoms with Crippen LogP contribution in [0.5, 0.6) is 0 Å². The summed E-state index contributed by atoms with van der Waals surface area (Å²) < 4.78 is 0. The standard InChI is InChI=1S/C15H21N5O/c1-4-13(5-2)16-14(21)10-20-18-15(17-19-20)12-8-6-11(3)7-9-12/h6-9,13H,4-5,10H2,1-3H3,(H,16,21). The van der Waals surface area contributed by atoms with Crippen LogP contribution >= 0.6 is 0 Å². The van der Waals surface area contributed by atoms with E-state index in [1.165, 1.54) is 10.4 Å². The lowest BCUT2D eigenvalue weighted by molar-refractivity contribution is -0.122. The molecule has 0 aliphatic heterocycles. The Morgan fingerprint density at radius 2 is 1.90 bits per heavy atom. The Morgan fingerprint density at radius 3 is 2.52 bits per heavy atom. The third kappa shape index (κ3) is 4.11. The number of benzene rings is 1. The Hall–Kier alpha value is -2.24. The summed E-state index contributed by atoms with van der Waals surface area (Å²) in [5.41, 5.74) is 2.07. The Kier molecular flexibility index (Phi) is 5.03. The van der Waals surface area contributed by atoms with Gasteiger partial charge in [-0.15, -0.1) is 10.2 Å². The van der Waals surface area contributed by atoms with E-state index in [9.17, 15) is 4.79 Å². The maximum absolute atomic E-state index is 11.9. The molecule has 0 saturated carbocycles. The van der Waals surface area contributed by atoms with Crippen molar-refractivity contribution in [3.63, 3.8) is 0 Å². The molecule has 0 spiro atoms. The molecule has 1 N–H and O–H groups in total. The van der Waals surface area contributed by atoms with E-state index in [-0.39, 0.29) is 18.5 Å². The van der Waals surface area contributed by atoms with Gasteiger partial charge in [-0.1, -0.05) is 43.7 Å². The van der Waals surface area contributed by atoms with E-state index in [2.05, 4.69) is 34.6 Å². The summed E-state index contributed by atoms with van der Waals surface area (Å²) in [5.74, 6) is 0.446. The fourth-order valence-corrected chi connectivity index (χ4v) is 2.02. The molecule has 0 radical (unpaired) electrons. The summed E-state index contributed by atoms with van der Waals surface area (Å²) in [6.45, 7) is 6.22. The second-order valence-electron chi connectivity index (χ2n) is 5.09. The first kappa shape index (κ1) is 15.2. The molecule has 21 heavy (non-hydrogen) atoms. The zero-order chi connectivity index (χ0) is 15.2. The number of tetrazole rings is 1. The Bertz CT molecular complexity index is 586. The number of hydrogen-bond donors (Lipinski definition) is 1. The van der Waals surface area contributed by atoms with E-state index in [1.807, 2.05) is 31.2 Å². The molecule has 2 rings (SSSR count). The summed E-state index contributed by atoms with van der Waals surface area (Å²) in [4.78, 5) is 13.2. The number of amides is 1. The monoisotopic (exact) mass is 287 g/mol. The minimum Gasteiger partial charge on any atom is -0.352 e. The highest BCUT2D eigenvalue weighted by Gasteiger charge is 2.11. The van der Waals surface area contributed by atoms with Crippen LogP contribution in [0.1, 0.15) is 32.3 Å². The lowest BCUT2D eigenvalue weighted by Gasteiger charge is -2.13. The van der Waals surface area contributed by atoms with Crippen LogP contribution in [0.3, 0.4) is 0 Å². The number of nitrogens with zero attached hydrogens (tertiary/aromatic N) is 4. The van der Waals surface area contributed by atoms with Crippen LogP contribution in [-0.4, -0.2) is 32.2 Å². The number of aromatic nitrogens is 4. The number of carbonyl (C=O) groups is 1. The lowest BCUT2D eigenvalue weighted by Crippen LogP contribution is -2.36. The maximum atomic E-state index is 11.9. The average Bonchev–Trinajstić information content (AvgIpc) is 2.94. The van der Waals surface area contributed by atoms with Crippen molar-refractivity contribution < 1.29 is 4.79 Å². The number of carbonyl (C=O) groups excluding carboxylic acids is 1. The number of rotatable bonds is 6. The first-order valence-electron chi connectivity index (χ1n) is 7.26. The molecule has 0 bridgehead atoms. The number of aryl methyl sites for hydroxylation is 1. The average molecular weight is 287 g/mol. The van der Waals surface area contributed by atoms with Gasteiger partial charge in [0.1, 0.15) is 6.54 Å². The Balaban J connectivity index is 2.00. The van der Waals surface area contributed by atoms with Gasteiger partial charge in [-0.2, -0.15) is 4.80 Å². The van der Waals surface area contributed by atoms with Crippen molar-refractivity contribution in [2.24, 2.45) is 0 Å². The summed E-state index contributed by atoms with van der Waals surface area (Å²) in [7, 11) is 0. The summed E-state index contributed by atoms with van der Waals surface area (Å²) in [5, 5.41) is 15.1. The predicted molar refractivity (Wildman–Crippen MR) is 80.5 cm³/mol. The van der Waals surface area contributed by atoms with Crippen LogP contribution in [0.2, 0.25) is 0 Å². The molecule has 6 nitrogen and oxygen atoms in total. The minimum atomic E-state index is -0.0865. The Labute approximate surface area is 124 Å². The van der Waals surface area contributed by atoms with Crippen LogP contribution in [0.4, 0.5) is 0 Å². The quantitative estimate of drug-likeness (QED) is 0.881. The van der Waals surface area contributed by atoms with E-state index in [4.69, 9.17) is 0 Å². The largest absolute Gasteiger partial charge is 0.352 e. The Morgan fingerprint density at radius 1 is 1.24 bits per heavy atom. The van der Waals surface area contributed by atoms with Gasteiger partial charge in [0, 0.05) is 11.6 Å². The molecule has 0 atom stereocenters. The molecule has 0 fully saturated rings. The maximum Gasteiger partial charge on any atom is 0.243 e. The van der Waals surface area contributed by atoms with Crippen molar-refractivity contribution in [2.45, 2.75) is 46.2 Å². The van der Waals surface area contributed by atoms with Gasteiger partial charge in [0.2, 0.25) is 11.7 Å². The first-order chi connectivity index (χ1) is 10.1. The van der Waals surface area contributed by atoms with E-state index in [0.29, 0.717) is 5.82 Å². The third-order valence-corrected chi connectivity index (χ3v) is 3.40. The van der Waals surface area contributed by atoms with Crippen molar-refractivity contribution >= 4 is 5.91 Å². The second-order valence-corrected chi connectivity index (χ2v) is 5.09. The molecule has 1 amide bonds. The van der Waals surface area contributed by atoms with Gasteiger partial charge in [0.25, 0.3) is 0 Å². The van der Waals surface area contributed by atoms with Crippen molar-refractivity contribution in [3.05, 3.63) is 29.8 Å². The van der Waals surface area contributed by atoms with Crippen LogP contribution in [0.15, 0.2) is 24.3 Å². The molecular formula is C15H21N5O. The highest BCUT2D eigenvalue weighted by Crippen LogP contribution is 2.13. The van der Waals surface area contributed by atoms with Gasteiger partial charge in [0.15, 0.2) is 0 Å². The zero-order valence-electron chi connectivity index (χ0n) is 12.7. The molecule has 2 aromatic rings. The van der Waals surface area contributed by atoms with Gasteiger partial charge in [-0.25, -0.2) is 0 Å².